The van der Waals surface area contributed by atoms with Crippen molar-refractivity contribution in [3.63, 3.8) is 0 Å². The summed E-state index contributed by atoms with van der Waals surface area (Å²) < 4.78 is 0. The van der Waals surface area contributed by atoms with Crippen molar-refractivity contribution in [2.75, 3.05) is 56.1 Å². The van der Waals surface area contributed by atoms with Crippen LogP contribution in [0.4, 0.5) is 11.5 Å². The number of benzene rings is 1. The number of carbonyl (C=O) groups is 1. The maximum Gasteiger partial charge on any atom is 0.246 e. The number of anilines is 2. The Morgan fingerprint density at radius 3 is 2.55 bits per heavy atom. The highest BCUT2D eigenvalue weighted by Crippen LogP contribution is 2.27. The van der Waals surface area contributed by atoms with E-state index in [9.17, 15) is 4.79 Å². The third-order valence-corrected chi connectivity index (χ3v) is 5.35. The molecule has 0 aliphatic carbocycles. The largest absolute Gasteiger partial charge is 0.353 e. The summed E-state index contributed by atoms with van der Waals surface area (Å²) in [6.45, 7) is 4.45. The zero-order chi connectivity index (χ0) is 19.3. The molecular formula is C21H27IN6O. The van der Waals surface area contributed by atoms with Crippen molar-refractivity contribution in [1.82, 2.24) is 15.2 Å². The minimum Gasteiger partial charge on any atom is -0.353 e. The molecule has 4 rings (SSSR count). The molecule has 0 bridgehead atoms. The molecule has 0 spiro atoms. The number of guanidine groups is 1. The number of fused-ring (bicyclic) bond motifs is 1. The van der Waals surface area contributed by atoms with E-state index in [0.29, 0.717) is 0 Å². The Labute approximate surface area is 188 Å². The number of aromatic nitrogens is 1. The van der Waals surface area contributed by atoms with Gasteiger partial charge >= 0.3 is 0 Å². The number of nitrogens with one attached hydrogen (secondary N) is 1. The van der Waals surface area contributed by atoms with Gasteiger partial charge in [0.1, 0.15) is 5.82 Å². The molecule has 2 aromatic rings. The predicted octanol–water partition coefficient (Wildman–Crippen LogP) is 1.99. The van der Waals surface area contributed by atoms with Crippen LogP contribution in [0.1, 0.15) is 5.56 Å². The molecule has 7 nitrogen and oxygen atoms in total. The molecular weight excluding hydrogens is 479 g/mol. The van der Waals surface area contributed by atoms with Gasteiger partial charge < -0.3 is 20.0 Å². The van der Waals surface area contributed by atoms with E-state index in [-0.39, 0.29) is 36.4 Å². The van der Waals surface area contributed by atoms with Crippen molar-refractivity contribution in [2.45, 2.75) is 6.42 Å². The number of rotatable bonds is 3. The van der Waals surface area contributed by atoms with Crippen molar-refractivity contribution in [1.29, 1.82) is 0 Å². The molecule has 0 saturated carbocycles. The van der Waals surface area contributed by atoms with Gasteiger partial charge in [-0.25, -0.2) is 4.98 Å². The standard InChI is InChI=1S/C21H26N6O.HI/c1-22-21(26-14-12-25(13-15-26)19-8-4-5-10-23-19)24-16-20(28)27-11-9-17-6-2-3-7-18(17)27;/h2-8,10H,9,11-16H2,1H3,(H,22,24);1H. The average Bonchev–Trinajstić information content (AvgIpc) is 3.19. The van der Waals surface area contributed by atoms with Crippen LogP contribution >= 0.6 is 24.0 Å². The molecule has 0 radical (unpaired) electrons. The van der Waals surface area contributed by atoms with Crippen molar-refractivity contribution in [3.8, 4) is 0 Å². The van der Waals surface area contributed by atoms with E-state index in [1.54, 1.807) is 7.05 Å². The molecule has 1 aromatic heterocycles. The van der Waals surface area contributed by atoms with Crippen molar-refractivity contribution < 1.29 is 4.79 Å². The molecule has 3 heterocycles. The number of hydrogen-bond donors (Lipinski definition) is 1. The smallest absolute Gasteiger partial charge is 0.246 e. The maximum absolute atomic E-state index is 12.7. The molecule has 1 amide bonds. The molecule has 1 fully saturated rings. The van der Waals surface area contributed by atoms with Gasteiger partial charge in [-0.1, -0.05) is 24.3 Å². The first-order valence-corrected chi connectivity index (χ1v) is 9.76. The van der Waals surface area contributed by atoms with Crippen LogP contribution in [0, 0.1) is 0 Å². The fourth-order valence-corrected chi connectivity index (χ4v) is 3.87. The summed E-state index contributed by atoms with van der Waals surface area (Å²) in [6.07, 6.45) is 2.75. The molecule has 2 aliphatic heterocycles. The number of piperazine rings is 1. The Bertz CT molecular complexity index is 851. The number of aliphatic imine (C=N–C) groups is 1. The SMILES string of the molecule is CN=C(NCC(=O)N1CCc2ccccc21)N1CCN(c2ccccn2)CC1.I. The minimum atomic E-state index is 0. The number of amides is 1. The van der Waals surface area contributed by atoms with Gasteiger partial charge in [0.15, 0.2) is 5.96 Å². The van der Waals surface area contributed by atoms with E-state index in [1.807, 2.05) is 47.5 Å². The van der Waals surface area contributed by atoms with Crippen molar-refractivity contribution >= 4 is 47.3 Å². The number of pyridine rings is 1. The highest BCUT2D eigenvalue weighted by molar-refractivity contribution is 14.0. The Kier molecular flexibility index (Phi) is 7.29. The summed E-state index contributed by atoms with van der Waals surface area (Å²) in [5.41, 5.74) is 2.28. The zero-order valence-corrected chi connectivity index (χ0v) is 19.0. The van der Waals surface area contributed by atoms with Gasteiger partial charge in [0.25, 0.3) is 0 Å². The first-order chi connectivity index (χ1) is 13.8. The van der Waals surface area contributed by atoms with E-state index in [0.717, 1.165) is 56.6 Å². The first-order valence-electron chi connectivity index (χ1n) is 9.76. The highest BCUT2D eigenvalue weighted by atomic mass is 127. The molecule has 0 unspecified atom stereocenters. The number of nitrogens with zero attached hydrogens (tertiary/aromatic N) is 5. The highest BCUT2D eigenvalue weighted by Gasteiger charge is 2.25. The van der Waals surface area contributed by atoms with E-state index >= 15 is 0 Å². The lowest BCUT2D eigenvalue weighted by molar-refractivity contribution is -0.117. The molecule has 1 saturated heterocycles. The lowest BCUT2D eigenvalue weighted by Crippen LogP contribution is -2.54. The summed E-state index contributed by atoms with van der Waals surface area (Å²) in [5, 5.41) is 3.25. The summed E-state index contributed by atoms with van der Waals surface area (Å²) in [7, 11) is 1.77. The Balaban J connectivity index is 0.00000240. The Morgan fingerprint density at radius 1 is 1.07 bits per heavy atom. The zero-order valence-electron chi connectivity index (χ0n) is 16.6. The quantitative estimate of drug-likeness (QED) is 0.392. The van der Waals surface area contributed by atoms with Gasteiger partial charge in [0.2, 0.25) is 5.91 Å². The Morgan fingerprint density at radius 2 is 1.83 bits per heavy atom. The van der Waals surface area contributed by atoms with Gasteiger partial charge in [0.05, 0.1) is 6.54 Å². The topological polar surface area (TPSA) is 64.1 Å². The molecule has 0 atom stereocenters. The van der Waals surface area contributed by atoms with Crippen LogP contribution in [-0.2, 0) is 11.2 Å². The molecule has 29 heavy (non-hydrogen) atoms. The fourth-order valence-electron chi connectivity index (χ4n) is 3.87. The monoisotopic (exact) mass is 506 g/mol. The van der Waals surface area contributed by atoms with Crippen LogP contribution in [0.25, 0.3) is 0 Å². The normalized spacial score (nSPS) is 16.3. The van der Waals surface area contributed by atoms with Crippen molar-refractivity contribution in [3.05, 3.63) is 54.2 Å². The fraction of sp³-hybridized carbons (Fsp3) is 0.381. The van der Waals surface area contributed by atoms with Gasteiger partial charge in [-0.3, -0.25) is 9.79 Å². The summed E-state index contributed by atoms with van der Waals surface area (Å²) in [6, 6.07) is 14.1. The van der Waals surface area contributed by atoms with Crippen LogP contribution in [0.5, 0.6) is 0 Å². The molecule has 154 valence electrons. The second-order valence-electron chi connectivity index (χ2n) is 6.99. The summed E-state index contributed by atoms with van der Waals surface area (Å²) in [4.78, 5) is 27.9. The van der Waals surface area contributed by atoms with E-state index in [1.165, 1.54) is 5.56 Å². The first kappa shape index (κ1) is 21.4. The van der Waals surface area contributed by atoms with Gasteiger partial charge in [-0.05, 0) is 30.2 Å². The second kappa shape index (κ2) is 9.91. The molecule has 1 N–H and O–H groups in total. The number of carbonyl (C=O) groups excluding carboxylic acids is 1. The van der Waals surface area contributed by atoms with Crippen LogP contribution in [-0.4, -0.2) is 68.1 Å². The van der Waals surface area contributed by atoms with E-state index in [4.69, 9.17) is 0 Å². The van der Waals surface area contributed by atoms with Gasteiger partial charge in [0, 0.05) is 51.7 Å². The van der Waals surface area contributed by atoms with E-state index in [2.05, 4.69) is 31.2 Å². The minimum absolute atomic E-state index is 0. The maximum atomic E-state index is 12.7. The Hall–Kier alpha value is -2.36. The number of halogens is 1. The molecule has 1 aromatic carbocycles. The molecule has 8 heteroatoms. The third kappa shape index (κ3) is 4.80. The van der Waals surface area contributed by atoms with Crippen LogP contribution in [0.15, 0.2) is 53.7 Å². The van der Waals surface area contributed by atoms with Gasteiger partial charge in [-0.15, -0.1) is 24.0 Å². The lowest BCUT2D eigenvalue weighted by Gasteiger charge is -2.37. The number of para-hydroxylation sites is 1. The van der Waals surface area contributed by atoms with Crippen LogP contribution in [0.3, 0.4) is 0 Å². The second-order valence-corrected chi connectivity index (χ2v) is 6.99. The lowest BCUT2D eigenvalue weighted by atomic mass is 10.2. The van der Waals surface area contributed by atoms with E-state index < -0.39 is 0 Å². The average molecular weight is 506 g/mol. The van der Waals surface area contributed by atoms with Gasteiger partial charge in [-0.2, -0.15) is 0 Å². The third-order valence-electron chi connectivity index (χ3n) is 5.35. The van der Waals surface area contributed by atoms with Crippen LogP contribution < -0.4 is 15.1 Å². The summed E-state index contributed by atoms with van der Waals surface area (Å²) in [5.74, 6) is 1.87. The van der Waals surface area contributed by atoms with Crippen LogP contribution in [0.2, 0.25) is 0 Å². The molecule has 2 aliphatic rings. The van der Waals surface area contributed by atoms with Crippen molar-refractivity contribution in [2.24, 2.45) is 4.99 Å². The number of hydrogen-bond acceptors (Lipinski definition) is 4. The summed E-state index contributed by atoms with van der Waals surface area (Å²) >= 11 is 0. The predicted molar refractivity (Wildman–Crippen MR) is 127 cm³/mol.